The summed E-state index contributed by atoms with van der Waals surface area (Å²) in [6.07, 6.45) is 0.367. The second kappa shape index (κ2) is 7.49. The standard InChI is InChI=1S/C14H21N3O3/c1-9(8-15)6-14(19)17-11-4-5-12(16-10(2)18)13(7-11)20-3/h4-5,7,9H,6,8,15H2,1-3H3,(H,16,18)(H,17,19). The van der Waals surface area contributed by atoms with Crippen molar-refractivity contribution in [1.82, 2.24) is 0 Å². The van der Waals surface area contributed by atoms with E-state index >= 15 is 0 Å². The molecule has 0 radical (unpaired) electrons. The highest BCUT2D eigenvalue weighted by Crippen LogP contribution is 2.28. The van der Waals surface area contributed by atoms with E-state index in [0.29, 0.717) is 30.1 Å². The Bertz CT molecular complexity index is 489. The molecule has 0 bridgehead atoms. The number of amides is 2. The van der Waals surface area contributed by atoms with Crippen LogP contribution < -0.4 is 21.1 Å². The average Bonchev–Trinajstić information content (AvgIpc) is 2.39. The van der Waals surface area contributed by atoms with E-state index in [9.17, 15) is 9.59 Å². The third kappa shape index (κ3) is 4.89. The summed E-state index contributed by atoms with van der Waals surface area (Å²) >= 11 is 0. The predicted octanol–water partition coefficient (Wildman–Crippen LogP) is 1.58. The van der Waals surface area contributed by atoms with E-state index in [1.807, 2.05) is 6.92 Å². The number of nitrogens with two attached hydrogens (primary N) is 1. The molecule has 0 spiro atoms. The number of benzene rings is 1. The van der Waals surface area contributed by atoms with Crippen molar-refractivity contribution in [1.29, 1.82) is 0 Å². The number of rotatable bonds is 6. The van der Waals surface area contributed by atoms with Gasteiger partial charge < -0.3 is 21.1 Å². The average molecular weight is 279 g/mol. The van der Waals surface area contributed by atoms with Crippen LogP contribution in [0.2, 0.25) is 0 Å². The first-order valence-electron chi connectivity index (χ1n) is 6.41. The van der Waals surface area contributed by atoms with Gasteiger partial charge in [0.1, 0.15) is 5.75 Å². The molecule has 0 saturated heterocycles. The Hall–Kier alpha value is -2.08. The van der Waals surface area contributed by atoms with Crippen LogP contribution in [0.1, 0.15) is 20.3 Å². The first-order chi connectivity index (χ1) is 9.46. The second-order valence-corrected chi connectivity index (χ2v) is 4.69. The first-order valence-corrected chi connectivity index (χ1v) is 6.41. The molecule has 0 heterocycles. The molecule has 0 fully saturated rings. The maximum atomic E-state index is 11.8. The van der Waals surface area contributed by atoms with Gasteiger partial charge in [-0.1, -0.05) is 6.92 Å². The maximum Gasteiger partial charge on any atom is 0.224 e. The zero-order valence-corrected chi connectivity index (χ0v) is 12.0. The summed E-state index contributed by atoms with van der Waals surface area (Å²) in [5.41, 5.74) is 6.66. The van der Waals surface area contributed by atoms with Crippen molar-refractivity contribution < 1.29 is 14.3 Å². The van der Waals surface area contributed by atoms with E-state index in [-0.39, 0.29) is 17.7 Å². The summed E-state index contributed by atoms with van der Waals surface area (Å²) in [7, 11) is 1.50. The van der Waals surface area contributed by atoms with Gasteiger partial charge in [0, 0.05) is 25.1 Å². The van der Waals surface area contributed by atoms with Crippen LogP contribution in [0.25, 0.3) is 0 Å². The van der Waals surface area contributed by atoms with Gasteiger partial charge in [0.25, 0.3) is 0 Å². The molecule has 20 heavy (non-hydrogen) atoms. The van der Waals surface area contributed by atoms with Crippen LogP contribution in [0.3, 0.4) is 0 Å². The molecule has 110 valence electrons. The lowest BCUT2D eigenvalue weighted by molar-refractivity contribution is -0.117. The van der Waals surface area contributed by atoms with Gasteiger partial charge in [-0.3, -0.25) is 9.59 Å². The number of nitrogens with one attached hydrogen (secondary N) is 2. The molecule has 6 heteroatoms. The van der Waals surface area contributed by atoms with Gasteiger partial charge in [-0.15, -0.1) is 0 Å². The Morgan fingerprint density at radius 1 is 1.35 bits per heavy atom. The fourth-order valence-electron chi connectivity index (χ4n) is 1.67. The Kier molecular flexibility index (Phi) is 5.99. The lowest BCUT2D eigenvalue weighted by Gasteiger charge is -2.13. The number of ether oxygens (including phenoxy) is 1. The minimum Gasteiger partial charge on any atom is -0.494 e. The monoisotopic (exact) mass is 279 g/mol. The number of methoxy groups -OCH3 is 1. The SMILES string of the molecule is COc1cc(NC(=O)CC(C)CN)ccc1NC(C)=O. The fraction of sp³-hybridized carbons (Fsp3) is 0.429. The first kappa shape index (κ1) is 16.0. The molecule has 1 atom stereocenters. The highest BCUT2D eigenvalue weighted by atomic mass is 16.5. The van der Waals surface area contributed by atoms with Gasteiger partial charge in [0.2, 0.25) is 11.8 Å². The molecule has 1 aromatic rings. The van der Waals surface area contributed by atoms with Crippen LogP contribution in [0.15, 0.2) is 18.2 Å². The molecule has 4 N–H and O–H groups in total. The van der Waals surface area contributed by atoms with Crippen molar-refractivity contribution in [3.8, 4) is 5.75 Å². The van der Waals surface area contributed by atoms with Crippen molar-refractivity contribution in [2.45, 2.75) is 20.3 Å². The largest absolute Gasteiger partial charge is 0.494 e. The molecule has 0 aromatic heterocycles. The van der Waals surface area contributed by atoms with Crippen LogP contribution >= 0.6 is 0 Å². The lowest BCUT2D eigenvalue weighted by atomic mass is 10.1. The summed E-state index contributed by atoms with van der Waals surface area (Å²) in [5, 5.41) is 5.43. The van der Waals surface area contributed by atoms with Crippen molar-refractivity contribution in [2.75, 3.05) is 24.3 Å². The van der Waals surface area contributed by atoms with Gasteiger partial charge in [0.05, 0.1) is 12.8 Å². The van der Waals surface area contributed by atoms with E-state index in [1.165, 1.54) is 14.0 Å². The Labute approximate surface area is 118 Å². The van der Waals surface area contributed by atoms with Crippen molar-refractivity contribution in [3.05, 3.63) is 18.2 Å². The number of carbonyl (C=O) groups is 2. The van der Waals surface area contributed by atoms with E-state index < -0.39 is 0 Å². The minimum atomic E-state index is -0.183. The van der Waals surface area contributed by atoms with Gasteiger partial charge >= 0.3 is 0 Å². The van der Waals surface area contributed by atoms with E-state index in [2.05, 4.69) is 10.6 Å². The molecule has 1 rings (SSSR count). The fourth-order valence-corrected chi connectivity index (χ4v) is 1.67. The van der Waals surface area contributed by atoms with Crippen molar-refractivity contribution in [2.24, 2.45) is 11.7 Å². The molecule has 1 aromatic carbocycles. The van der Waals surface area contributed by atoms with Gasteiger partial charge in [-0.2, -0.15) is 0 Å². The van der Waals surface area contributed by atoms with Gasteiger partial charge in [-0.25, -0.2) is 0 Å². The summed E-state index contributed by atoms with van der Waals surface area (Å²) in [4.78, 5) is 22.8. The van der Waals surface area contributed by atoms with Crippen LogP contribution in [0.5, 0.6) is 5.75 Å². The molecule has 6 nitrogen and oxygen atoms in total. The topological polar surface area (TPSA) is 93.4 Å². The lowest BCUT2D eigenvalue weighted by Crippen LogP contribution is -2.20. The van der Waals surface area contributed by atoms with Crippen LogP contribution in [0.4, 0.5) is 11.4 Å². The molecule has 1 unspecified atom stereocenters. The molecular formula is C14H21N3O3. The highest BCUT2D eigenvalue weighted by molar-refractivity contribution is 5.93. The summed E-state index contributed by atoms with van der Waals surface area (Å²) in [6, 6.07) is 5.05. The predicted molar refractivity (Wildman–Crippen MR) is 78.8 cm³/mol. The molecule has 0 saturated carbocycles. The van der Waals surface area contributed by atoms with E-state index in [0.717, 1.165) is 0 Å². The molecule has 0 aliphatic rings. The maximum absolute atomic E-state index is 11.8. The van der Waals surface area contributed by atoms with Crippen LogP contribution in [0, 0.1) is 5.92 Å². The molecular weight excluding hydrogens is 258 g/mol. The summed E-state index contributed by atoms with van der Waals surface area (Å²) in [5.74, 6) is 0.342. The Morgan fingerprint density at radius 3 is 2.60 bits per heavy atom. The zero-order valence-electron chi connectivity index (χ0n) is 12.0. The summed E-state index contributed by atoms with van der Waals surface area (Å²) < 4.78 is 5.18. The number of anilines is 2. The van der Waals surface area contributed by atoms with Crippen LogP contribution in [-0.4, -0.2) is 25.5 Å². The summed E-state index contributed by atoms with van der Waals surface area (Å²) in [6.45, 7) is 3.81. The second-order valence-electron chi connectivity index (χ2n) is 4.69. The van der Waals surface area contributed by atoms with Gasteiger partial charge in [-0.05, 0) is 24.6 Å². The Balaban J connectivity index is 2.77. The van der Waals surface area contributed by atoms with E-state index in [4.69, 9.17) is 10.5 Å². The number of carbonyl (C=O) groups excluding carboxylic acids is 2. The molecule has 0 aliphatic carbocycles. The Morgan fingerprint density at radius 2 is 2.05 bits per heavy atom. The highest BCUT2D eigenvalue weighted by Gasteiger charge is 2.10. The van der Waals surface area contributed by atoms with Crippen molar-refractivity contribution in [3.63, 3.8) is 0 Å². The quantitative estimate of drug-likeness (QED) is 0.737. The molecule has 0 aliphatic heterocycles. The minimum absolute atomic E-state index is 0.0997. The van der Waals surface area contributed by atoms with Crippen LogP contribution in [-0.2, 0) is 9.59 Å². The smallest absolute Gasteiger partial charge is 0.224 e. The van der Waals surface area contributed by atoms with Gasteiger partial charge in [0.15, 0.2) is 0 Å². The molecule has 2 amide bonds. The zero-order chi connectivity index (χ0) is 15.1. The normalized spacial score (nSPS) is 11.6. The number of hydrogen-bond donors (Lipinski definition) is 3. The number of hydrogen-bond acceptors (Lipinski definition) is 4. The van der Waals surface area contributed by atoms with Crippen molar-refractivity contribution >= 4 is 23.2 Å². The third-order valence-corrected chi connectivity index (χ3v) is 2.73. The van der Waals surface area contributed by atoms with E-state index in [1.54, 1.807) is 18.2 Å². The third-order valence-electron chi connectivity index (χ3n) is 2.73.